The van der Waals surface area contributed by atoms with E-state index in [2.05, 4.69) is 73.6 Å². The van der Waals surface area contributed by atoms with E-state index in [1.54, 1.807) is 0 Å². The monoisotopic (exact) mass is 391 g/mol. The molecule has 1 N–H and O–H groups in total. The number of fused-ring (bicyclic) bond motifs is 1. The van der Waals surface area contributed by atoms with Crippen LogP contribution < -0.4 is 0 Å². The second kappa shape index (κ2) is 8.80. The van der Waals surface area contributed by atoms with Crippen LogP contribution >= 0.6 is 0 Å². The van der Waals surface area contributed by atoms with Gasteiger partial charge in [-0.25, -0.2) is 0 Å². The largest absolute Gasteiger partial charge is 0.361 e. The molecule has 4 rings (SSSR count). The Hall–Kier alpha value is -3.64. The minimum Gasteiger partial charge on any atom is -0.361 e. The highest BCUT2D eigenvalue weighted by atomic mass is 14.7. The van der Waals surface area contributed by atoms with Crippen molar-refractivity contribution in [2.75, 3.05) is 6.54 Å². The molecule has 0 fully saturated rings. The van der Waals surface area contributed by atoms with E-state index in [1.807, 2.05) is 24.3 Å². The molecule has 30 heavy (non-hydrogen) atoms. The predicted molar refractivity (Wildman–Crippen MR) is 125 cm³/mol. The Bertz CT molecular complexity index is 1250. The Morgan fingerprint density at radius 3 is 2.60 bits per heavy atom. The number of benzene rings is 3. The van der Waals surface area contributed by atoms with Crippen molar-refractivity contribution in [3.05, 3.63) is 95.2 Å². The smallest absolute Gasteiger partial charge is 0.0991 e. The van der Waals surface area contributed by atoms with Gasteiger partial charge in [0.25, 0.3) is 0 Å². The lowest BCUT2D eigenvalue weighted by Crippen LogP contribution is -1.98. The fraction of sp³-hybridized carbons (Fsp3) is 0.185. The molecule has 1 heterocycles. The van der Waals surface area contributed by atoms with Crippen LogP contribution in [0.2, 0.25) is 0 Å². The molecule has 3 heteroatoms. The Kier molecular flexibility index (Phi) is 5.77. The molecule has 0 aliphatic heterocycles. The normalized spacial score (nSPS) is 11.6. The zero-order valence-corrected chi connectivity index (χ0v) is 17.4. The molecule has 148 valence electrons. The maximum Gasteiger partial charge on any atom is 0.0991 e. The molecule has 0 unspecified atom stereocenters. The Labute approximate surface area is 177 Å². The molecule has 4 aromatic rings. The third-order valence-electron chi connectivity index (χ3n) is 5.58. The fourth-order valence-corrected chi connectivity index (χ4v) is 3.78. The van der Waals surface area contributed by atoms with E-state index in [9.17, 15) is 0 Å². The summed E-state index contributed by atoms with van der Waals surface area (Å²) in [4.78, 5) is 8.21. The molecule has 1 aromatic heterocycles. The van der Waals surface area contributed by atoms with Crippen molar-refractivity contribution in [1.29, 1.82) is 5.26 Å². The number of rotatable bonds is 6. The molecule has 0 amide bonds. The van der Waals surface area contributed by atoms with Crippen molar-refractivity contribution in [2.24, 2.45) is 4.99 Å². The summed E-state index contributed by atoms with van der Waals surface area (Å²) in [6.45, 7) is 5.00. The molecule has 0 radical (unpaired) electrons. The summed E-state index contributed by atoms with van der Waals surface area (Å²) < 4.78 is 0. The van der Waals surface area contributed by atoms with Crippen molar-refractivity contribution in [3.63, 3.8) is 0 Å². The highest BCUT2D eigenvalue weighted by molar-refractivity contribution is 5.99. The zero-order chi connectivity index (χ0) is 20.9. The number of nitrogens with zero attached hydrogens (tertiary/aromatic N) is 2. The molecule has 3 nitrogen and oxygen atoms in total. The van der Waals surface area contributed by atoms with Gasteiger partial charge in [-0.2, -0.15) is 5.26 Å². The minimum atomic E-state index is 0.674. The second-order valence-electron chi connectivity index (χ2n) is 7.54. The van der Waals surface area contributed by atoms with E-state index in [-0.39, 0.29) is 0 Å². The number of hydrogen-bond donors (Lipinski definition) is 1. The highest BCUT2D eigenvalue weighted by Crippen LogP contribution is 2.23. The van der Waals surface area contributed by atoms with Crippen molar-refractivity contribution in [1.82, 2.24) is 4.98 Å². The molecule has 0 atom stereocenters. The first-order valence-corrected chi connectivity index (χ1v) is 10.4. The van der Waals surface area contributed by atoms with Gasteiger partial charge in [0.15, 0.2) is 0 Å². The van der Waals surface area contributed by atoms with Crippen molar-refractivity contribution in [2.45, 2.75) is 26.7 Å². The number of aromatic nitrogens is 1. The summed E-state index contributed by atoms with van der Waals surface area (Å²) >= 11 is 0. The molecular formula is C27H25N3. The molecule has 0 aliphatic carbocycles. The number of aryl methyl sites for hydroxylation is 1. The van der Waals surface area contributed by atoms with Gasteiger partial charge in [-0.1, -0.05) is 43.3 Å². The molecule has 0 aliphatic rings. The average molecular weight is 392 g/mol. The van der Waals surface area contributed by atoms with E-state index in [0.29, 0.717) is 5.56 Å². The lowest BCUT2D eigenvalue weighted by molar-refractivity contribution is 0.974. The Morgan fingerprint density at radius 2 is 1.80 bits per heavy atom. The third kappa shape index (κ3) is 4.18. The second-order valence-corrected chi connectivity index (χ2v) is 7.54. The first-order valence-electron chi connectivity index (χ1n) is 10.4. The van der Waals surface area contributed by atoms with Crippen LogP contribution in [0.3, 0.4) is 0 Å². The number of nitrogens with one attached hydrogen (secondary N) is 1. The standard InChI is InChI=1S/C27H25N3/c1-3-20-10-11-27-26(15-20)25(18-30-27)12-13-29-19(2)22-7-5-9-24(16-22)23-8-4-6-21(14-23)17-28/h4-11,14-16,18,30H,3,12-13H2,1-2H3. The number of aromatic amines is 1. The molecule has 0 saturated heterocycles. The van der Waals surface area contributed by atoms with Crippen LogP contribution in [0.5, 0.6) is 0 Å². The predicted octanol–water partition coefficient (Wildman–Crippen LogP) is 6.32. The van der Waals surface area contributed by atoms with E-state index in [4.69, 9.17) is 10.3 Å². The topological polar surface area (TPSA) is 51.9 Å². The molecular weight excluding hydrogens is 366 g/mol. The van der Waals surface area contributed by atoms with Crippen LogP contribution in [0.25, 0.3) is 22.0 Å². The van der Waals surface area contributed by atoms with Gasteiger partial charge in [-0.05, 0) is 77.9 Å². The maximum atomic E-state index is 9.15. The van der Waals surface area contributed by atoms with Crippen LogP contribution in [0.4, 0.5) is 0 Å². The fourth-order valence-electron chi connectivity index (χ4n) is 3.78. The number of nitriles is 1. The number of hydrogen-bond acceptors (Lipinski definition) is 2. The van der Waals surface area contributed by atoms with Crippen LogP contribution in [0.1, 0.15) is 36.1 Å². The lowest BCUT2D eigenvalue weighted by Gasteiger charge is -2.06. The third-order valence-corrected chi connectivity index (χ3v) is 5.58. The molecule has 0 bridgehead atoms. The van der Waals surface area contributed by atoms with Crippen LogP contribution in [0.15, 0.2) is 77.9 Å². The quantitative estimate of drug-likeness (QED) is 0.384. The van der Waals surface area contributed by atoms with Crippen molar-refractivity contribution < 1.29 is 0 Å². The summed E-state index contributed by atoms with van der Waals surface area (Å²) in [7, 11) is 0. The SMILES string of the molecule is CCc1ccc2[nH]cc(CCN=C(C)c3cccc(-c4cccc(C#N)c4)c3)c2c1. The van der Waals surface area contributed by atoms with Gasteiger partial charge in [-0.3, -0.25) is 4.99 Å². The Morgan fingerprint density at radius 1 is 1.00 bits per heavy atom. The summed E-state index contributed by atoms with van der Waals surface area (Å²) in [6.07, 6.45) is 4.07. The number of aliphatic imine (C=N–C) groups is 1. The van der Waals surface area contributed by atoms with Crippen LogP contribution in [-0.2, 0) is 12.8 Å². The van der Waals surface area contributed by atoms with Gasteiger partial charge in [0.2, 0.25) is 0 Å². The zero-order valence-electron chi connectivity index (χ0n) is 17.4. The van der Waals surface area contributed by atoms with E-state index in [0.717, 1.165) is 41.8 Å². The van der Waals surface area contributed by atoms with E-state index < -0.39 is 0 Å². The van der Waals surface area contributed by atoms with Gasteiger partial charge in [-0.15, -0.1) is 0 Å². The summed E-state index contributed by atoms with van der Waals surface area (Å²) in [6, 6.07) is 24.9. The summed E-state index contributed by atoms with van der Waals surface area (Å²) in [5.41, 5.74) is 8.84. The first-order chi connectivity index (χ1) is 14.7. The van der Waals surface area contributed by atoms with Crippen molar-refractivity contribution >= 4 is 16.6 Å². The molecule has 0 spiro atoms. The van der Waals surface area contributed by atoms with E-state index in [1.165, 1.54) is 22.0 Å². The molecule has 3 aromatic carbocycles. The maximum absolute atomic E-state index is 9.15. The summed E-state index contributed by atoms with van der Waals surface area (Å²) in [5, 5.41) is 10.5. The van der Waals surface area contributed by atoms with Gasteiger partial charge in [0.05, 0.1) is 11.6 Å². The van der Waals surface area contributed by atoms with Crippen molar-refractivity contribution in [3.8, 4) is 17.2 Å². The van der Waals surface area contributed by atoms with Crippen LogP contribution in [-0.4, -0.2) is 17.2 Å². The Balaban J connectivity index is 1.51. The average Bonchev–Trinajstić information content (AvgIpc) is 3.21. The van der Waals surface area contributed by atoms with Gasteiger partial charge in [0, 0.05) is 29.4 Å². The van der Waals surface area contributed by atoms with Gasteiger partial charge >= 0.3 is 0 Å². The van der Waals surface area contributed by atoms with Gasteiger partial charge in [0.1, 0.15) is 0 Å². The minimum absolute atomic E-state index is 0.674. The van der Waals surface area contributed by atoms with E-state index >= 15 is 0 Å². The molecule has 0 saturated carbocycles. The van der Waals surface area contributed by atoms with Gasteiger partial charge < -0.3 is 4.98 Å². The van der Waals surface area contributed by atoms with Crippen LogP contribution in [0, 0.1) is 11.3 Å². The first kappa shape index (κ1) is 19.7. The highest BCUT2D eigenvalue weighted by Gasteiger charge is 2.06. The lowest BCUT2D eigenvalue weighted by atomic mass is 10.00. The summed E-state index contributed by atoms with van der Waals surface area (Å²) in [5.74, 6) is 0. The number of H-pyrrole nitrogens is 1.